The van der Waals surface area contributed by atoms with E-state index in [0.29, 0.717) is 0 Å². The molecule has 114 valence electrons. The monoisotopic (exact) mass is 287 g/mol. The molecule has 0 aliphatic carbocycles. The molecular formula is C19H26FN. The summed E-state index contributed by atoms with van der Waals surface area (Å²) >= 11 is 0. The van der Waals surface area contributed by atoms with Crippen molar-refractivity contribution < 1.29 is 4.39 Å². The second-order valence-corrected chi connectivity index (χ2v) is 8.16. The first-order chi connectivity index (χ1) is 9.47. The lowest BCUT2D eigenvalue weighted by molar-refractivity contribution is 0.0656. The van der Waals surface area contributed by atoms with Gasteiger partial charge in [-0.2, -0.15) is 0 Å². The maximum absolute atomic E-state index is 13.3. The zero-order valence-electron chi connectivity index (χ0n) is 14.2. The van der Waals surface area contributed by atoms with Gasteiger partial charge in [-0.25, -0.2) is 4.39 Å². The Labute approximate surface area is 127 Å². The van der Waals surface area contributed by atoms with Crippen LogP contribution in [0.2, 0.25) is 0 Å². The third-order valence-electron chi connectivity index (χ3n) is 5.16. The number of nitrogens with zero attached hydrogens (tertiary/aromatic N) is 1. The molecule has 0 amide bonds. The Hall–Kier alpha value is -1.44. The van der Waals surface area contributed by atoms with E-state index in [9.17, 15) is 4.39 Å². The molecule has 1 aromatic carbocycles. The quantitative estimate of drug-likeness (QED) is 0.653. The highest BCUT2D eigenvalue weighted by Crippen LogP contribution is 2.52. The van der Waals surface area contributed by atoms with Crippen LogP contribution in [0.25, 0.3) is 10.9 Å². The molecule has 0 N–H and O–H groups in total. The molecule has 2 rings (SSSR count). The second kappa shape index (κ2) is 4.79. The maximum atomic E-state index is 13.3. The number of halogens is 1. The van der Waals surface area contributed by atoms with Crippen LogP contribution in [0.4, 0.5) is 4.39 Å². The Morgan fingerprint density at radius 1 is 0.810 bits per heavy atom. The molecule has 1 nitrogen and oxygen atoms in total. The summed E-state index contributed by atoms with van der Waals surface area (Å²) in [6, 6.07) is 8.82. The van der Waals surface area contributed by atoms with Gasteiger partial charge in [-0.3, -0.25) is 4.98 Å². The SMILES string of the molecule is CC(C)(C)C(C)(c1ccc2cc(F)ccc2n1)C(C)(C)C. The van der Waals surface area contributed by atoms with Crippen LogP contribution in [0.5, 0.6) is 0 Å². The normalized spacial score (nSPS) is 13.7. The van der Waals surface area contributed by atoms with E-state index >= 15 is 0 Å². The first-order valence-electron chi connectivity index (χ1n) is 7.53. The van der Waals surface area contributed by atoms with Gasteiger partial charge in [0.2, 0.25) is 0 Å². The number of hydrogen-bond donors (Lipinski definition) is 0. The fourth-order valence-corrected chi connectivity index (χ4v) is 3.27. The largest absolute Gasteiger partial charge is 0.252 e. The van der Waals surface area contributed by atoms with Crippen molar-refractivity contribution in [3.8, 4) is 0 Å². The minimum absolute atomic E-state index is 0.0615. The fourth-order valence-electron chi connectivity index (χ4n) is 3.27. The zero-order valence-corrected chi connectivity index (χ0v) is 14.2. The molecule has 0 atom stereocenters. The van der Waals surface area contributed by atoms with Gasteiger partial charge in [0, 0.05) is 16.5 Å². The van der Waals surface area contributed by atoms with Crippen molar-refractivity contribution in [1.29, 1.82) is 0 Å². The number of pyridine rings is 1. The average molecular weight is 287 g/mol. The maximum Gasteiger partial charge on any atom is 0.123 e. The summed E-state index contributed by atoms with van der Waals surface area (Å²) in [5.41, 5.74) is 1.95. The summed E-state index contributed by atoms with van der Waals surface area (Å²) in [6.07, 6.45) is 0. The number of hydrogen-bond acceptors (Lipinski definition) is 1. The van der Waals surface area contributed by atoms with Gasteiger partial charge < -0.3 is 0 Å². The average Bonchev–Trinajstić information content (AvgIpc) is 2.34. The molecule has 0 bridgehead atoms. The fraction of sp³-hybridized carbons (Fsp3) is 0.526. The molecule has 21 heavy (non-hydrogen) atoms. The van der Waals surface area contributed by atoms with Gasteiger partial charge in [0.15, 0.2) is 0 Å². The Morgan fingerprint density at radius 2 is 1.38 bits per heavy atom. The molecule has 0 saturated heterocycles. The highest BCUT2D eigenvalue weighted by molar-refractivity contribution is 5.78. The summed E-state index contributed by atoms with van der Waals surface area (Å²) in [5, 5.41) is 0.851. The summed E-state index contributed by atoms with van der Waals surface area (Å²) in [4.78, 5) is 4.85. The van der Waals surface area contributed by atoms with Gasteiger partial charge >= 0.3 is 0 Å². The number of benzene rings is 1. The van der Waals surface area contributed by atoms with Crippen LogP contribution in [0.15, 0.2) is 30.3 Å². The van der Waals surface area contributed by atoms with Crippen molar-refractivity contribution in [2.75, 3.05) is 0 Å². The smallest absolute Gasteiger partial charge is 0.123 e. The number of aromatic nitrogens is 1. The van der Waals surface area contributed by atoms with E-state index in [-0.39, 0.29) is 22.1 Å². The molecule has 2 heteroatoms. The number of rotatable bonds is 1. The summed E-state index contributed by atoms with van der Waals surface area (Å²) in [7, 11) is 0. The van der Waals surface area contributed by atoms with Crippen molar-refractivity contribution >= 4 is 10.9 Å². The Morgan fingerprint density at radius 3 is 1.90 bits per heavy atom. The molecule has 2 aromatic rings. The van der Waals surface area contributed by atoms with Crippen molar-refractivity contribution in [2.45, 2.75) is 53.9 Å². The molecule has 1 aromatic heterocycles. The van der Waals surface area contributed by atoms with E-state index in [4.69, 9.17) is 4.98 Å². The molecule has 0 aliphatic rings. The van der Waals surface area contributed by atoms with E-state index in [1.165, 1.54) is 12.1 Å². The van der Waals surface area contributed by atoms with Crippen molar-refractivity contribution in [3.63, 3.8) is 0 Å². The summed E-state index contributed by atoms with van der Waals surface area (Å²) in [6.45, 7) is 15.8. The van der Waals surface area contributed by atoms with Crippen molar-refractivity contribution in [1.82, 2.24) is 4.98 Å². The van der Waals surface area contributed by atoms with Gasteiger partial charge in [-0.1, -0.05) is 54.5 Å². The molecule has 0 fully saturated rings. The zero-order chi connectivity index (χ0) is 16.1. The van der Waals surface area contributed by atoms with Crippen LogP contribution >= 0.6 is 0 Å². The molecule has 0 unspecified atom stereocenters. The van der Waals surface area contributed by atoms with Crippen LogP contribution in [0.3, 0.4) is 0 Å². The molecular weight excluding hydrogens is 261 g/mol. The topological polar surface area (TPSA) is 12.9 Å². The van der Waals surface area contributed by atoms with E-state index < -0.39 is 0 Å². The predicted molar refractivity (Wildman–Crippen MR) is 88.0 cm³/mol. The van der Waals surface area contributed by atoms with Gasteiger partial charge in [0.25, 0.3) is 0 Å². The lowest BCUT2D eigenvalue weighted by atomic mass is 9.53. The predicted octanol–water partition coefficient (Wildman–Crippen LogP) is 5.72. The van der Waals surface area contributed by atoms with Crippen molar-refractivity contribution in [3.05, 3.63) is 41.8 Å². The minimum Gasteiger partial charge on any atom is -0.252 e. The Balaban J connectivity index is 2.70. The molecule has 0 radical (unpaired) electrons. The Kier molecular flexibility index (Phi) is 3.64. The molecule has 0 saturated carbocycles. The lowest BCUT2D eigenvalue weighted by Crippen LogP contribution is -2.48. The van der Waals surface area contributed by atoms with Crippen LogP contribution in [-0.4, -0.2) is 4.98 Å². The van der Waals surface area contributed by atoms with Crippen LogP contribution in [-0.2, 0) is 5.41 Å². The van der Waals surface area contributed by atoms with Gasteiger partial charge in [-0.05, 0) is 35.1 Å². The first kappa shape index (κ1) is 15.9. The van der Waals surface area contributed by atoms with Crippen molar-refractivity contribution in [2.24, 2.45) is 10.8 Å². The van der Waals surface area contributed by atoms with Crippen LogP contribution in [0.1, 0.15) is 54.2 Å². The molecule has 0 aliphatic heterocycles. The Bertz CT molecular complexity index is 645. The summed E-state index contributed by atoms with van der Waals surface area (Å²) < 4.78 is 13.3. The molecule has 0 spiro atoms. The highest BCUT2D eigenvalue weighted by Gasteiger charge is 2.48. The third kappa shape index (κ3) is 2.56. The molecule has 1 heterocycles. The van der Waals surface area contributed by atoms with Gasteiger partial charge in [0.1, 0.15) is 5.82 Å². The third-order valence-corrected chi connectivity index (χ3v) is 5.16. The van der Waals surface area contributed by atoms with E-state index in [0.717, 1.165) is 16.6 Å². The van der Waals surface area contributed by atoms with E-state index in [2.05, 4.69) is 54.5 Å². The first-order valence-corrected chi connectivity index (χ1v) is 7.53. The lowest BCUT2D eigenvalue weighted by Gasteiger charge is -2.51. The minimum atomic E-state index is -0.216. The van der Waals surface area contributed by atoms with Crippen LogP contribution < -0.4 is 0 Å². The highest BCUT2D eigenvalue weighted by atomic mass is 19.1. The van der Waals surface area contributed by atoms with E-state index in [1.807, 2.05) is 6.07 Å². The van der Waals surface area contributed by atoms with Gasteiger partial charge in [-0.15, -0.1) is 0 Å². The standard InChI is InChI=1S/C19H26FN/c1-17(2,3)19(7,18(4,5)6)16-11-8-13-12-14(20)9-10-15(13)21-16/h8-12H,1-7H3. The number of fused-ring (bicyclic) bond motifs is 1. The summed E-state index contributed by atoms with van der Waals surface area (Å²) in [5.74, 6) is -0.216. The van der Waals surface area contributed by atoms with E-state index in [1.54, 1.807) is 6.07 Å². The van der Waals surface area contributed by atoms with Gasteiger partial charge in [0.05, 0.1) is 5.52 Å². The van der Waals surface area contributed by atoms with Crippen LogP contribution in [0, 0.1) is 16.6 Å². The second-order valence-electron chi connectivity index (χ2n) is 8.16.